The Labute approximate surface area is 92.7 Å². The van der Waals surface area contributed by atoms with E-state index in [9.17, 15) is 4.79 Å². The monoisotopic (exact) mass is 216 g/mol. The van der Waals surface area contributed by atoms with E-state index in [-0.39, 0.29) is 6.04 Å². The summed E-state index contributed by atoms with van der Waals surface area (Å²) >= 11 is 0. The van der Waals surface area contributed by atoms with Gasteiger partial charge in [-0.25, -0.2) is 0 Å². The molecule has 90 valence electrons. The van der Waals surface area contributed by atoms with Crippen LogP contribution in [0.5, 0.6) is 0 Å². The van der Waals surface area contributed by atoms with Crippen molar-refractivity contribution in [1.82, 2.24) is 10.2 Å². The SMILES string of the molecule is CCCN(C)C(C)CC(C)(NC)C(=O)O. The molecule has 0 aromatic rings. The summed E-state index contributed by atoms with van der Waals surface area (Å²) in [5.74, 6) is -0.790. The molecule has 0 heterocycles. The summed E-state index contributed by atoms with van der Waals surface area (Å²) in [7, 11) is 3.73. The van der Waals surface area contributed by atoms with Gasteiger partial charge in [0, 0.05) is 6.04 Å². The summed E-state index contributed by atoms with van der Waals surface area (Å²) in [4.78, 5) is 13.3. The van der Waals surface area contributed by atoms with E-state index in [2.05, 4.69) is 24.1 Å². The van der Waals surface area contributed by atoms with Gasteiger partial charge in [0.05, 0.1) is 0 Å². The highest BCUT2D eigenvalue weighted by atomic mass is 16.4. The van der Waals surface area contributed by atoms with Crippen LogP contribution in [0.25, 0.3) is 0 Å². The molecule has 0 rings (SSSR count). The van der Waals surface area contributed by atoms with Crippen LogP contribution < -0.4 is 5.32 Å². The van der Waals surface area contributed by atoms with Crippen LogP contribution in [-0.4, -0.2) is 48.2 Å². The Kier molecular flexibility index (Phi) is 5.83. The number of carboxylic acids is 1. The van der Waals surface area contributed by atoms with Gasteiger partial charge >= 0.3 is 5.97 Å². The van der Waals surface area contributed by atoms with E-state index >= 15 is 0 Å². The molecule has 0 aliphatic rings. The number of hydrogen-bond acceptors (Lipinski definition) is 3. The Morgan fingerprint density at radius 2 is 2.13 bits per heavy atom. The second-order valence-electron chi connectivity index (χ2n) is 4.42. The topological polar surface area (TPSA) is 52.6 Å². The Morgan fingerprint density at radius 1 is 1.60 bits per heavy atom. The molecule has 15 heavy (non-hydrogen) atoms. The highest BCUT2D eigenvalue weighted by Gasteiger charge is 2.33. The van der Waals surface area contributed by atoms with Gasteiger partial charge in [0.25, 0.3) is 0 Å². The van der Waals surface area contributed by atoms with Crippen molar-refractivity contribution >= 4 is 5.97 Å². The fourth-order valence-electron chi connectivity index (χ4n) is 1.62. The van der Waals surface area contributed by atoms with Crippen LogP contribution in [-0.2, 0) is 4.79 Å². The van der Waals surface area contributed by atoms with Gasteiger partial charge in [-0.2, -0.15) is 0 Å². The molecule has 0 saturated carbocycles. The molecular weight excluding hydrogens is 192 g/mol. The Bertz CT molecular complexity index is 209. The van der Waals surface area contributed by atoms with E-state index in [1.165, 1.54) is 0 Å². The average Bonchev–Trinajstić information content (AvgIpc) is 2.17. The number of hydrogen-bond donors (Lipinski definition) is 2. The zero-order valence-corrected chi connectivity index (χ0v) is 10.5. The largest absolute Gasteiger partial charge is 0.480 e. The first-order chi connectivity index (χ1) is 6.87. The maximum Gasteiger partial charge on any atom is 0.323 e. The van der Waals surface area contributed by atoms with E-state index in [4.69, 9.17) is 5.11 Å². The van der Waals surface area contributed by atoms with Crippen molar-refractivity contribution in [3.63, 3.8) is 0 Å². The van der Waals surface area contributed by atoms with Crippen molar-refractivity contribution in [3.8, 4) is 0 Å². The Balaban J connectivity index is 4.35. The minimum absolute atomic E-state index is 0.262. The molecule has 0 amide bonds. The van der Waals surface area contributed by atoms with E-state index in [0.29, 0.717) is 6.42 Å². The molecule has 0 aliphatic carbocycles. The molecule has 0 aromatic heterocycles. The quantitative estimate of drug-likeness (QED) is 0.671. The Hall–Kier alpha value is -0.610. The summed E-state index contributed by atoms with van der Waals surface area (Å²) in [6.07, 6.45) is 1.69. The maximum atomic E-state index is 11.1. The molecule has 4 heteroatoms. The van der Waals surface area contributed by atoms with E-state index in [1.54, 1.807) is 14.0 Å². The smallest absolute Gasteiger partial charge is 0.323 e. The van der Waals surface area contributed by atoms with Crippen LogP contribution >= 0.6 is 0 Å². The van der Waals surface area contributed by atoms with Crippen LogP contribution in [0.1, 0.15) is 33.6 Å². The van der Waals surface area contributed by atoms with Gasteiger partial charge in [-0.15, -0.1) is 0 Å². The molecule has 4 nitrogen and oxygen atoms in total. The van der Waals surface area contributed by atoms with Crippen LogP contribution in [0.4, 0.5) is 0 Å². The van der Waals surface area contributed by atoms with Crippen molar-refractivity contribution in [3.05, 3.63) is 0 Å². The second-order valence-corrected chi connectivity index (χ2v) is 4.42. The summed E-state index contributed by atoms with van der Waals surface area (Å²) in [5.41, 5.74) is -0.832. The van der Waals surface area contributed by atoms with Gasteiger partial charge in [0.1, 0.15) is 5.54 Å². The molecule has 2 atom stereocenters. The predicted octanol–water partition coefficient (Wildman–Crippen LogP) is 1.17. The summed E-state index contributed by atoms with van der Waals surface area (Å²) in [5, 5.41) is 12.0. The first kappa shape index (κ1) is 14.4. The number of aliphatic carboxylic acids is 1. The van der Waals surface area contributed by atoms with Crippen LogP contribution in [0.2, 0.25) is 0 Å². The molecular formula is C11H24N2O2. The molecule has 0 fully saturated rings. The lowest BCUT2D eigenvalue weighted by atomic mass is 9.93. The summed E-state index contributed by atoms with van der Waals surface area (Å²) in [6.45, 7) is 6.91. The van der Waals surface area contributed by atoms with Crippen LogP contribution in [0.3, 0.4) is 0 Å². The molecule has 0 aliphatic heterocycles. The zero-order chi connectivity index (χ0) is 12.1. The minimum atomic E-state index is -0.832. The third kappa shape index (κ3) is 4.18. The van der Waals surface area contributed by atoms with Gasteiger partial charge in [-0.3, -0.25) is 4.79 Å². The molecule has 0 spiro atoms. The first-order valence-corrected chi connectivity index (χ1v) is 5.50. The lowest BCUT2D eigenvalue weighted by Crippen LogP contribution is -2.51. The zero-order valence-electron chi connectivity index (χ0n) is 10.5. The molecule has 2 N–H and O–H groups in total. The summed E-state index contributed by atoms with van der Waals surface area (Å²) in [6, 6.07) is 0.262. The molecule has 0 radical (unpaired) electrons. The lowest BCUT2D eigenvalue weighted by molar-refractivity contribution is -0.144. The Morgan fingerprint density at radius 3 is 2.47 bits per heavy atom. The van der Waals surface area contributed by atoms with Gasteiger partial charge in [-0.1, -0.05) is 6.92 Å². The molecule has 2 unspecified atom stereocenters. The van der Waals surface area contributed by atoms with Crippen molar-refractivity contribution in [2.45, 2.75) is 45.2 Å². The van der Waals surface area contributed by atoms with E-state index in [1.807, 2.05) is 7.05 Å². The third-order valence-electron chi connectivity index (χ3n) is 3.06. The average molecular weight is 216 g/mol. The van der Waals surface area contributed by atoms with Gasteiger partial charge in [-0.05, 0) is 47.3 Å². The number of carbonyl (C=O) groups is 1. The molecule has 0 saturated heterocycles. The van der Waals surface area contributed by atoms with E-state index in [0.717, 1.165) is 13.0 Å². The first-order valence-electron chi connectivity index (χ1n) is 5.50. The lowest BCUT2D eigenvalue weighted by Gasteiger charge is -2.32. The van der Waals surface area contributed by atoms with Crippen molar-refractivity contribution in [2.75, 3.05) is 20.6 Å². The number of nitrogens with one attached hydrogen (secondary N) is 1. The standard InChI is InChI=1S/C11H24N2O2/c1-6-7-13(5)9(2)8-11(3,12-4)10(14)15/h9,12H,6-8H2,1-5H3,(H,14,15). The fraction of sp³-hybridized carbons (Fsp3) is 0.909. The minimum Gasteiger partial charge on any atom is -0.480 e. The second kappa shape index (κ2) is 6.08. The molecule has 0 aromatic carbocycles. The maximum absolute atomic E-state index is 11.1. The molecule has 0 bridgehead atoms. The fourth-order valence-corrected chi connectivity index (χ4v) is 1.62. The number of nitrogens with zero attached hydrogens (tertiary/aromatic N) is 1. The number of rotatable bonds is 7. The number of likely N-dealkylation sites (N-methyl/N-ethyl adjacent to an activating group) is 1. The van der Waals surface area contributed by atoms with Crippen LogP contribution in [0, 0.1) is 0 Å². The third-order valence-corrected chi connectivity index (χ3v) is 3.06. The van der Waals surface area contributed by atoms with Gasteiger partial charge < -0.3 is 15.3 Å². The highest BCUT2D eigenvalue weighted by Crippen LogP contribution is 2.15. The van der Waals surface area contributed by atoms with Gasteiger partial charge in [0.15, 0.2) is 0 Å². The highest BCUT2D eigenvalue weighted by molar-refractivity contribution is 5.78. The normalized spacial score (nSPS) is 17.5. The van der Waals surface area contributed by atoms with E-state index < -0.39 is 11.5 Å². The summed E-state index contributed by atoms with van der Waals surface area (Å²) < 4.78 is 0. The van der Waals surface area contributed by atoms with Crippen molar-refractivity contribution < 1.29 is 9.90 Å². The van der Waals surface area contributed by atoms with Gasteiger partial charge in [0.2, 0.25) is 0 Å². The van der Waals surface area contributed by atoms with Crippen LogP contribution in [0.15, 0.2) is 0 Å². The number of carboxylic acid groups (broad SMARTS) is 1. The van der Waals surface area contributed by atoms with Crippen molar-refractivity contribution in [1.29, 1.82) is 0 Å². The van der Waals surface area contributed by atoms with Crippen molar-refractivity contribution in [2.24, 2.45) is 0 Å². The predicted molar refractivity (Wildman–Crippen MR) is 62.1 cm³/mol.